The molecule has 5 heterocycles. The summed E-state index contributed by atoms with van der Waals surface area (Å²) in [6, 6.07) is 28.5. The fourth-order valence-electron chi connectivity index (χ4n) is 7.05. The molecule has 9 nitrogen and oxygen atoms in total. The molecular formula is C44H43ClF3N7O2S. The molecule has 1 aliphatic heterocycles. The summed E-state index contributed by atoms with van der Waals surface area (Å²) in [4.78, 5) is 28.4. The number of carbonyl (C=O) groups is 1. The molecular weight excluding hydrogens is 783 g/mol. The van der Waals surface area contributed by atoms with Crippen LogP contribution in [0.1, 0.15) is 64.1 Å². The molecule has 1 fully saturated rings. The molecule has 4 aromatic heterocycles. The average Bonchev–Trinajstić information content (AvgIpc) is 3.86. The lowest BCUT2D eigenvalue weighted by molar-refractivity contribution is -0.274. The van der Waals surface area contributed by atoms with Crippen molar-refractivity contribution >= 4 is 56.2 Å². The van der Waals surface area contributed by atoms with E-state index in [-0.39, 0.29) is 17.6 Å². The molecule has 0 radical (unpaired) electrons. The average molecular weight is 826 g/mol. The van der Waals surface area contributed by atoms with Crippen molar-refractivity contribution in [3.8, 4) is 5.75 Å². The van der Waals surface area contributed by atoms with Gasteiger partial charge in [-0.15, -0.1) is 24.5 Å². The molecule has 0 unspecified atom stereocenters. The Morgan fingerprint density at radius 3 is 2.36 bits per heavy atom. The van der Waals surface area contributed by atoms with Crippen LogP contribution in [0.4, 0.5) is 24.7 Å². The Kier molecular flexibility index (Phi) is 12.8. The van der Waals surface area contributed by atoms with Crippen molar-refractivity contribution < 1.29 is 22.7 Å². The highest BCUT2D eigenvalue weighted by atomic mass is 35.5. The van der Waals surface area contributed by atoms with E-state index in [0.717, 1.165) is 77.4 Å². The number of carbonyl (C=O) groups excluding carboxylic acids is 1. The smallest absolute Gasteiger partial charge is 0.406 e. The molecule has 0 aliphatic carbocycles. The minimum absolute atomic E-state index is 0.200. The fraction of sp³-hybridized carbons (Fsp3) is 0.273. The number of fused-ring (bicyclic) bond motifs is 2. The number of rotatable bonds is 11. The van der Waals surface area contributed by atoms with Gasteiger partial charge in [-0.25, -0.2) is 15.0 Å². The van der Waals surface area contributed by atoms with Crippen molar-refractivity contribution in [2.24, 2.45) is 0 Å². The molecule has 0 saturated carbocycles. The van der Waals surface area contributed by atoms with Crippen molar-refractivity contribution in [2.45, 2.75) is 58.4 Å². The summed E-state index contributed by atoms with van der Waals surface area (Å²) in [6.07, 6.45) is 2.07. The number of nitrogens with zero attached hydrogens (tertiary/aromatic N) is 5. The van der Waals surface area contributed by atoms with E-state index in [1.807, 2.05) is 30.5 Å². The highest BCUT2D eigenvalue weighted by molar-refractivity contribution is 7.17. The Morgan fingerprint density at radius 1 is 0.931 bits per heavy atom. The van der Waals surface area contributed by atoms with E-state index in [1.54, 1.807) is 52.5 Å². The maximum absolute atomic E-state index is 13.0. The zero-order chi connectivity index (χ0) is 40.6. The fourth-order valence-corrected chi connectivity index (χ4v) is 8.02. The number of benzene rings is 3. The van der Waals surface area contributed by atoms with E-state index >= 15 is 0 Å². The van der Waals surface area contributed by atoms with Crippen LogP contribution in [0.5, 0.6) is 5.75 Å². The summed E-state index contributed by atoms with van der Waals surface area (Å²) >= 11 is 7.82. The minimum Gasteiger partial charge on any atom is -0.406 e. The monoisotopic (exact) mass is 825 g/mol. The van der Waals surface area contributed by atoms with E-state index < -0.39 is 6.36 Å². The van der Waals surface area contributed by atoms with Crippen LogP contribution in [-0.2, 0) is 19.4 Å². The van der Waals surface area contributed by atoms with Gasteiger partial charge < -0.3 is 20.3 Å². The van der Waals surface area contributed by atoms with Crippen molar-refractivity contribution in [3.05, 3.63) is 148 Å². The maximum atomic E-state index is 13.0. The molecule has 0 bridgehead atoms. The molecule has 7 aromatic rings. The Balaban J connectivity index is 0.000000224. The number of anilines is 2. The number of aryl methyl sites for hydroxylation is 2. The largest absolute Gasteiger partial charge is 0.573 e. The molecule has 2 N–H and O–H groups in total. The van der Waals surface area contributed by atoms with Gasteiger partial charge in [-0.2, -0.15) is 0 Å². The summed E-state index contributed by atoms with van der Waals surface area (Å²) in [6.45, 7) is 7.02. The van der Waals surface area contributed by atoms with E-state index in [9.17, 15) is 18.0 Å². The molecule has 0 atom stereocenters. The minimum atomic E-state index is -4.68. The number of pyridine rings is 1. The van der Waals surface area contributed by atoms with Gasteiger partial charge in [-0.05, 0) is 103 Å². The summed E-state index contributed by atoms with van der Waals surface area (Å²) in [5, 5.41) is 8.97. The number of ether oxygens (including phenoxy) is 1. The third-order valence-electron chi connectivity index (χ3n) is 10.1. The first-order valence-electron chi connectivity index (χ1n) is 19.1. The first-order chi connectivity index (χ1) is 28.0. The second kappa shape index (κ2) is 18.3. The highest BCUT2D eigenvalue weighted by Gasteiger charge is 2.31. The zero-order valence-electron chi connectivity index (χ0n) is 32.1. The SMILES string of the molecule is CCc1nc2ccc(Cl)cn2c1C(=O)NCc1ccc(N2CCC(c3ccc(OC(F)(F)F)cc3)CC2)cc1.Cc1ccc(CCNc2ncnc3ccsc23)cc1. The number of amides is 1. The van der Waals surface area contributed by atoms with Crippen LogP contribution in [0.3, 0.4) is 0 Å². The second-order valence-electron chi connectivity index (χ2n) is 14.1. The van der Waals surface area contributed by atoms with Crippen molar-refractivity contribution in [3.63, 3.8) is 0 Å². The molecule has 0 spiro atoms. The topological polar surface area (TPSA) is 96.7 Å². The third kappa shape index (κ3) is 10.3. The second-order valence-corrected chi connectivity index (χ2v) is 15.4. The van der Waals surface area contributed by atoms with Crippen LogP contribution >= 0.6 is 22.9 Å². The maximum Gasteiger partial charge on any atom is 0.573 e. The van der Waals surface area contributed by atoms with Crippen LogP contribution < -0.4 is 20.3 Å². The van der Waals surface area contributed by atoms with Gasteiger partial charge in [0.05, 0.1) is 20.9 Å². The number of thiophene rings is 1. The lowest BCUT2D eigenvalue weighted by Gasteiger charge is -2.34. The van der Waals surface area contributed by atoms with Gasteiger partial charge in [0.15, 0.2) is 0 Å². The highest BCUT2D eigenvalue weighted by Crippen LogP contribution is 2.33. The Morgan fingerprint density at radius 2 is 1.66 bits per heavy atom. The van der Waals surface area contributed by atoms with Crippen LogP contribution in [0.15, 0.2) is 109 Å². The normalized spacial score (nSPS) is 13.3. The van der Waals surface area contributed by atoms with Gasteiger partial charge in [0.2, 0.25) is 0 Å². The number of aromatic nitrogens is 4. The van der Waals surface area contributed by atoms with Crippen molar-refractivity contribution in [1.82, 2.24) is 24.7 Å². The number of nitrogens with one attached hydrogen (secondary N) is 2. The van der Waals surface area contributed by atoms with E-state index in [1.165, 1.54) is 23.3 Å². The lowest BCUT2D eigenvalue weighted by Crippen LogP contribution is -2.32. The van der Waals surface area contributed by atoms with Gasteiger partial charge in [-0.1, -0.05) is 72.6 Å². The number of piperidine rings is 1. The van der Waals surface area contributed by atoms with Gasteiger partial charge in [0, 0.05) is 38.1 Å². The van der Waals surface area contributed by atoms with Crippen LogP contribution in [0, 0.1) is 6.92 Å². The summed E-state index contributed by atoms with van der Waals surface area (Å²) < 4.78 is 44.0. The summed E-state index contributed by atoms with van der Waals surface area (Å²) in [5.74, 6) is 0.824. The van der Waals surface area contributed by atoms with Gasteiger partial charge in [0.1, 0.15) is 29.2 Å². The predicted molar refractivity (Wildman–Crippen MR) is 225 cm³/mol. The predicted octanol–water partition coefficient (Wildman–Crippen LogP) is 10.4. The quantitative estimate of drug-likeness (QED) is 0.134. The van der Waals surface area contributed by atoms with Gasteiger partial charge in [0.25, 0.3) is 5.91 Å². The number of imidazole rings is 1. The van der Waals surface area contributed by atoms with E-state index in [0.29, 0.717) is 29.3 Å². The Labute approximate surface area is 343 Å². The molecule has 14 heteroatoms. The van der Waals surface area contributed by atoms with Gasteiger partial charge >= 0.3 is 6.36 Å². The van der Waals surface area contributed by atoms with Crippen LogP contribution in [0.25, 0.3) is 15.9 Å². The lowest BCUT2D eigenvalue weighted by atomic mass is 9.89. The number of halogens is 4. The molecule has 3 aromatic carbocycles. The Bertz CT molecular complexity index is 2450. The molecule has 1 saturated heterocycles. The molecule has 300 valence electrons. The first kappa shape index (κ1) is 40.5. The number of hydrogen-bond donors (Lipinski definition) is 2. The van der Waals surface area contributed by atoms with E-state index in [2.05, 4.69) is 78.5 Å². The van der Waals surface area contributed by atoms with E-state index in [4.69, 9.17) is 11.6 Å². The zero-order valence-corrected chi connectivity index (χ0v) is 33.7. The van der Waals surface area contributed by atoms with Gasteiger partial charge in [-0.3, -0.25) is 9.20 Å². The summed E-state index contributed by atoms with van der Waals surface area (Å²) in [5.41, 5.74) is 8.66. The van der Waals surface area contributed by atoms with Crippen LogP contribution in [0.2, 0.25) is 5.02 Å². The first-order valence-corrected chi connectivity index (χ1v) is 20.4. The third-order valence-corrected chi connectivity index (χ3v) is 11.2. The standard InChI is InChI=1S/C29H28ClF3N4O2.C15H15N3S/c1-2-25-27(37-18-22(30)7-12-26(37)35-25)28(38)34-17-19-3-8-23(9-4-19)36-15-13-21(14-16-36)20-5-10-24(11-6-20)39-29(31,32)33;1-11-2-4-12(5-3-11)6-8-16-15-14-13(7-9-19-14)17-10-18-15/h3-12,18,21H,2,13-17H2,1H3,(H,34,38);2-5,7,9-10H,6,8H2,1H3,(H,16,17,18). The molecule has 8 rings (SSSR count). The molecule has 1 amide bonds. The number of alkyl halides is 3. The van der Waals surface area contributed by atoms with Crippen molar-refractivity contribution in [2.75, 3.05) is 29.9 Å². The number of hydrogen-bond acceptors (Lipinski definition) is 8. The van der Waals surface area contributed by atoms with Crippen LogP contribution in [-0.4, -0.2) is 51.3 Å². The Hall–Kier alpha value is -5.66. The molecule has 58 heavy (non-hydrogen) atoms. The summed E-state index contributed by atoms with van der Waals surface area (Å²) in [7, 11) is 0. The van der Waals surface area contributed by atoms with Crippen molar-refractivity contribution in [1.29, 1.82) is 0 Å². The molecule has 1 aliphatic rings.